The maximum Gasteiger partial charge on any atom is -0.0398 e. The van der Waals surface area contributed by atoms with E-state index in [0.29, 0.717) is 0 Å². The van der Waals surface area contributed by atoms with Gasteiger partial charge in [0.2, 0.25) is 0 Å². The number of rotatable bonds is 3. The molecule has 0 unspecified atom stereocenters. The normalized spacial score (nSPS) is 11.6. The van der Waals surface area contributed by atoms with Gasteiger partial charge in [0.05, 0.1) is 0 Å². The molecule has 0 N–H and O–H groups in total. The first-order chi connectivity index (χ1) is 6.02. The van der Waals surface area contributed by atoms with Crippen molar-refractivity contribution in [3.63, 3.8) is 0 Å². The van der Waals surface area contributed by atoms with E-state index in [4.69, 9.17) is 0 Å². The Balaban J connectivity index is 4.20. The fourth-order valence-corrected chi connectivity index (χ4v) is 0.959. The number of hydrogen-bond donors (Lipinski definition) is 0. The Labute approximate surface area is 82.4 Å². The van der Waals surface area contributed by atoms with E-state index >= 15 is 0 Å². The Bertz CT molecular complexity index is 252. The minimum absolute atomic E-state index is 1.29. The summed E-state index contributed by atoms with van der Waals surface area (Å²) in [5.41, 5.74) is 3.95. The average Bonchev–Trinajstić information content (AvgIpc) is 1.96. The molecular formula is C13H20. The summed E-state index contributed by atoms with van der Waals surface area (Å²) in [6.07, 6.45) is 10.5. The van der Waals surface area contributed by atoms with Gasteiger partial charge in [0.1, 0.15) is 0 Å². The van der Waals surface area contributed by atoms with Crippen molar-refractivity contribution in [3.05, 3.63) is 47.1 Å². The molecule has 0 atom stereocenters. The standard InChI is InChI=1S/C13H20/c1-11(2)8-6-7-9-13(5)10-12(3)4/h6-10H,1-5H3. The van der Waals surface area contributed by atoms with Crippen molar-refractivity contribution in [2.45, 2.75) is 34.6 Å². The summed E-state index contributed by atoms with van der Waals surface area (Å²) in [7, 11) is 0. The molecule has 0 aliphatic carbocycles. The van der Waals surface area contributed by atoms with Gasteiger partial charge in [0.25, 0.3) is 0 Å². The molecule has 0 saturated heterocycles. The van der Waals surface area contributed by atoms with E-state index in [1.807, 2.05) is 0 Å². The Kier molecular flexibility index (Phi) is 5.96. The zero-order valence-electron chi connectivity index (χ0n) is 9.39. The van der Waals surface area contributed by atoms with Crippen LogP contribution in [-0.4, -0.2) is 0 Å². The van der Waals surface area contributed by atoms with E-state index in [1.165, 1.54) is 16.7 Å². The largest absolute Gasteiger partial charge is 0.0764 e. The minimum atomic E-state index is 1.29. The Morgan fingerprint density at radius 2 is 1.23 bits per heavy atom. The van der Waals surface area contributed by atoms with E-state index in [-0.39, 0.29) is 0 Å². The zero-order valence-corrected chi connectivity index (χ0v) is 9.39. The predicted molar refractivity (Wildman–Crippen MR) is 61.8 cm³/mol. The fourth-order valence-electron chi connectivity index (χ4n) is 0.959. The van der Waals surface area contributed by atoms with Crippen LogP contribution in [-0.2, 0) is 0 Å². The van der Waals surface area contributed by atoms with Crippen molar-refractivity contribution in [2.75, 3.05) is 0 Å². The molecule has 0 fully saturated rings. The summed E-state index contributed by atoms with van der Waals surface area (Å²) in [6.45, 7) is 10.5. The molecule has 0 aromatic carbocycles. The molecule has 72 valence electrons. The first-order valence-electron chi connectivity index (χ1n) is 4.65. The second kappa shape index (κ2) is 6.47. The van der Waals surface area contributed by atoms with Gasteiger partial charge in [-0.2, -0.15) is 0 Å². The molecule has 0 radical (unpaired) electrons. The Morgan fingerprint density at radius 3 is 1.69 bits per heavy atom. The van der Waals surface area contributed by atoms with Crippen molar-refractivity contribution in [2.24, 2.45) is 0 Å². The fraction of sp³-hybridized carbons (Fsp3) is 0.385. The maximum absolute atomic E-state index is 2.17. The molecule has 0 saturated carbocycles. The molecule has 0 amide bonds. The lowest BCUT2D eigenvalue weighted by Crippen LogP contribution is -1.69. The Hall–Kier alpha value is -1.04. The van der Waals surface area contributed by atoms with Crippen LogP contribution in [0.2, 0.25) is 0 Å². The highest BCUT2D eigenvalue weighted by Crippen LogP contribution is 2.00. The molecule has 0 aliphatic rings. The van der Waals surface area contributed by atoms with E-state index in [1.54, 1.807) is 0 Å². The van der Waals surface area contributed by atoms with E-state index in [0.717, 1.165) is 0 Å². The molecule has 0 heteroatoms. The summed E-state index contributed by atoms with van der Waals surface area (Å²) >= 11 is 0. The van der Waals surface area contributed by atoms with Gasteiger partial charge in [0, 0.05) is 0 Å². The van der Waals surface area contributed by atoms with Crippen molar-refractivity contribution in [1.29, 1.82) is 0 Å². The molecule has 0 spiro atoms. The van der Waals surface area contributed by atoms with E-state index in [9.17, 15) is 0 Å². The van der Waals surface area contributed by atoms with Crippen LogP contribution in [0.15, 0.2) is 47.1 Å². The first kappa shape index (κ1) is 12.0. The molecular weight excluding hydrogens is 156 g/mol. The van der Waals surface area contributed by atoms with Gasteiger partial charge < -0.3 is 0 Å². The summed E-state index contributed by atoms with van der Waals surface area (Å²) in [5.74, 6) is 0. The van der Waals surface area contributed by atoms with Gasteiger partial charge in [-0.1, -0.05) is 47.1 Å². The van der Waals surface area contributed by atoms with Gasteiger partial charge >= 0.3 is 0 Å². The SMILES string of the molecule is CC(C)=CC=CC=C(C)C=C(C)C. The monoisotopic (exact) mass is 176 g/mol. The molecule has 0 aliphatic heterocycles. The van der Waals surface area contributed by atoms with Crippen LogP contribution in [0.3, 0.4) is 0 Å². The topological polar surface area (TPSA) is 0 Å². The number of hydrogen-bond acceptors (Lipinski definition) is 0. The van der Waals surface area contributed by atoms with Crippen molar-refractivity contribution >= 4 is 0 Å². The van der Waals surface area contributed by atoms with Crippen LogP contribution in [0, 0.1) is 0 Å². The lowest BCUT2D eigenvalue weighted by Gasteiger charge is -1.90. The van der Waals surface area contributed by atoms with Gasteiger partial charge in [0.15, 0.2) is 0 Å². The first-order valence-corrected chi connectivity index (χ1v) is 4.65. The smallest absolute Gasteiger partial charge is 0.0398 e. The quantitative estimate of drug-likeness (QED) is 0.558. The third-order valence-electron chi connectivity index (χ3n) is 1.42. The van der Waals surface area contributed by atoms with Gasteiger partial charge in [-0.15, -0.1) is 0 Å². The lowest BCUT2D eigenvalue weighted by atomic mass is 10.2. The van der Waals surface area contributed by atoms with Crippen molar-refractivity contribution in [1.82, 2.24) is 0 Å². The molecule has 0 bridgehead atoms. The second-order valence-corrected chi connectivity index (χ2v) is 3.76. The van der Waals surface area contributed by atoms with E-state index < -0.39 is 0 Å². The van der Waals surface area contributed by atoms with Gasteiger partial charge in [-0.25, -0.2) is 0 Å². The number of allylic oxidation sites excluding steroid dienone is 8. The molecule has 0 rings (SSSR count). The van der Waals surface area contributed by atoms with Crippen LogP contribution in [0.5, 0.6) is 0 Å². The predicted octanol–water partition coefficient (Wildman–Crippen LogP) is 4.42. The summed E-state index contributed by atoms with van der Waals surface area (Å²) in [4.78, 5) is 0. The second-order valence-electron chi connectivity index (χ2n) is 3.76. The van der Waals surface area contributed by atoms with E-state index in [2.05, 4.69) is 65.0 Å². The van der Waals surface area contributed by atoms with Crippen LogP contribution in [0.4, 0.5) is 0 Å². The van der Waals surface area contributed by atoms with Crippen molar-refractivity contribution < 1.29 is 0 Å². The van der Waals surface area contributed by atoms with Crippen LogP contribution >= 0.6 is 0 Å². The summed E-state index contributed by atoms with van der Waals surface area (Å²) < 4.78 is 0. The van der Waals surface area contributed by atoms with Crippen LogP contribution in [0.25, 0.3) is 0 Å². The highest BCUT2D eigenvalue weighted by atomic mass is 13.9. The third-order valence-corrected chi connectivity index (χ3v) is 1.42. The summed E-state index contributed by atoms with van der Waals surface area (Å²) in [6, 6.07) is 0. The zero-order chi connectivity index (χ0) is 10.3. The molecule has 13 heavy (non-hydrogen) atoms. The lowest BCUT2D eigenvalue weighted by molar-refractivity contribution is 1.35. The molecule has 0 nitrogen and oxygen atoms in total. The highest BCUT2D eigenvalue weighted by Gasteiger charge is 1.79. The van der Waals surface area contributed by atoms with Gasteiger partial charge in [-0.05, 0) is 34.6 Å². The maximum atomic E-state index is 2.17. The highest BCUT2D eigenvalue weighted by molar-refractivity contribution is 5.25. The third kappa shape index (κ3) is 8.87. The van der Waals surface area contributed by atoms with Crippen LogP contribution in [0.1, 0.15) is 34.6 Å². The van der Waals surface area contributed by atoms with Gasteiger partial charge in [-0.3, -0.25) is 0 Å². The average molecular weight is 176 g/mol. The molecule has 0 aromatic rings. The van der Waals surface area contributed by atoms with Crippen LogP contribution < -0.4 is 0 Å². The Morgan fingerprint density at radius 1 is 0.692 bits per heavy atom. The molecule has 0 aromatic heterocycles. The molecule has 0 heterocycles. The summed E-state index contributed by atoms with van der Waals surface area (Å²) in [5, 5.41) is 0. The van der Waals surface area contributed by atoms with Crippen molar-refractivity contribution in [3.8, 4) is 0 Å². The minimum Gasteiger partial charge on any atom is -0.0764 e.